The Morgan fingerprint density at radius 1 is 1.20 bits per heavy atom. The summed E-state index contributed by atoms with van der Waals surface area (Å²) in [6.45, 7) is 10.5. The summed E-state index contributed by atoms with van der Waals surface area (Å²) >= 11 is 0. The normalized spacial score (nSPS) is 42.3. The largest absolute Gasteiger partial charge is 0.462 e. The Hall–Kier alpha value is -1.42. The second-order valence-electron chi connectivity index (χ2n) is 11.7. The maximum absolute atomic E-state index is 13.0. The molecule has 0 saturated heterocycles. The van der Waals surface area contributed by atoms with Crippen LogP contribution in [0.1, 0.15) is 79.6 Å². The Morgan fingerprint density at radius 2 is 1.93 bits per heavy atom. The standard InChI is InChI=1S/C26H38O4/c1-24(2,3)23(29)30-21-15-26(5)16(11-13-27)7-9-20(26)19-8-6-17-14-18(28)10-12-25(17,4)22(19)21/h11,14,19-22,27H,6-10,12-13,15H2,1-5H3/t19-,20-,21+,22+,25-,26+/m0/s1. The van der Waals surface area contributed by atoms with Crippen LogP contribution in [0.4, 0.5) is 0 Å². The van der Waals surface area contributed by atoms with Crippen molar-refractivity contribution in [1.82, 2.24) is 0 Å². The quantitative estimate of drug-likeness (QED) is 0.510. The van der Waals surface area contributed by atoms with Gasteiger partial charge in [0.1, 0.15) is 6.10 Å². The Bertz CT molecular complexity index is 800. The van der Waals surface area contributed by atoms with Crippen molar-refractivity contribution in [3.63, 3.8) is 0 Å². The Morgan fingerprint density at radius 3 is 2.60 bits per heavy atom. The van der Waals surface area contributed by atoms with Gasteiger partial charge in [-0.2, -0.15) is 0 Å². The molecular formula is C26H38O4. The minimum Gasteiger partial charge on any atom is -0.462 e. The number of aliphatic hydroxyl groups is 1. The first kappa shape index (κ1) is 21.8. The molecule has 4 aliphatic rings. The number of rotatable bonds is 2. The first-order valence-corrected chi connectivity index (χ1v) is 11.8. The second kappa shape index (κ2) is 7.32. The number of fused-ring (bicyclic) bond motifs is 5. The van der Waals surface area contributed by atoms with Crippen LogP contribution in [0.5, 0.6) is 0 Å². The van der Waals surface area contributed by atoms with E-state index in [4.69, 9.17) is 4.74 Å². The highest BCUT2D eigenvalue weighted by molar-refractivity contribution is 5.91. The van der Waals surface area contributed by atoms with Gasteiger partial charge in [0.15, 0.2) is 5.78 Å². The van der Waals surface area contributed by atoms with Gasteiger partial charge in [-0.3, -0.25) is 9.59 Å². The summed E-state index contributed by atoms with van der Waals surface area (Å²) in [4.78, 5) is 25.1. The third kappa shape index (κ3) is 3.30. The van der Waals surface area contributed by atoms with E-state index in [1.54, 1.807) is 0 Å². The maximum atomic E-state index is 13.0. The summed E-state index contributed by atoms with van der Waals surface area (Å²) in [5.74, 6) is 1.43. The Labute approximate surface area is 181 Å². The molecule has 0 amide bonds. The Kier molecular flexibility index (Phi) is 5.32. The molecule has 4 aliphatic carbocycles. The number of ether oxygens (including phenoxy) is 1. The van der Waals surface area contributed by atoms with E-state index in [0.717, 1.165) is 38.5 Å². The zero-order valence-corrected chi connectivity index (χ0v) is 19.3. The summed E-state index contributed by atoms with van der Waals surface area (Å²) in [6, 6.07) is 0. The number of carbonyl (C=O) groups excluding carboxylic acids is 2. The fourth-order valence-corrected chi connectivity index (χ4v) is 7.37. The molecule has 0 bridgehead atoms. The minimum absolute atomic E-state index is 0.0191. The lowest BCUT2D eigenvalue weighted by atomic mass is 9.46. The molecule has 4 heteroatoms. The van der Waals surface area contributed by atoms with Gasteiger partial charge >= 0.3 is 5.97 Å². The van der Waals surface area contributed by atoms with E-state index in [1.165, 1.54) is 11.1 Å². The summed E-state index contributed by atoms with van der Waals surface area (Å²) < 4.78 is 6.33. The van der Waals surface area contributed by atoms with Gasteiger partial charge < -0.3 is 9.84 Å². The zero-order chi connectivity index (χ0) is 21.9. The smallest absolute Gasteiger partial charge is 0.311 e. The molecule has 0 aromatic rings. The molecule has 3 fully saturated rings. The van der Waals surface area contributed by atoms with Gasteiger partial charge in [0.05, 0.1) is 12.0 Å². The molecule has 0 aromatic heterocycles. The predicted molar refractivity (Wildman–Crippen MR) is 117 cm³/mol. The monoisotopic (exact) mass is 414 g/mol. The van der Waals surface area contributed by atoms with E-state index in [-0.39, 0.29) is 41.2 Å². The van der Waals surface area contributed by atoms with E-state index in [9.17, 15) is 14.7 Å². The lowest BCUT2D eigenvalue weighted by molar-refractivity contribution is -0.180. The van der Waals surface area contributed by atoms with E-state index >= 15 is 0 Å². The van der Waals surface area contributed by atoms with Crippen LogP contribution in [-0.2, 0) is 14.3 Å². The van der Waals surface area contributed by atoms with E-state index < -0.39 is 5.41 Å². The number of allylic oxidation sites excluding steroid dienone is 2. The molecule has 3 saturated carbocycles. The zero-order valence-electron chi connectivity index (χ0n) is 19.3. The fraction of sp³-hybridized carbons (Fsp3) is 0.769. The molecule has 6 atom stereocenters. The topological polar surface area (TPSA) is 63.6 Å². The second-order valence-corrected chi connectivity index (χ2v) is 11.7. The summed E-state index contributed by atoms with van der Waals surface area (Å²) in [5, 5.41) is 9.60. The fourth-order valence-electron chi connectivity index (χ4n) is 7.37. The van der Waals surface area contributed by atoms with Crippen LogP contribution in [0.25, 0.3) is 0 Å². The Balaban J connectivity index is 1.77. The van der Waals surface area contributed by atoms with Crippen molar-refractivity contribution in [2.45, 2.75) is 85.7 Å². The molecule has 30 heavy (non-hydrogen) atoms. The highest BCUT2D eigenvalue weighted by Crippen LogP contribution is 2.67. The van der Waals surface area contributed by atoms with E-state index in [2.05, 4.69) is 13.8 Å². The van der Waals surface area contributed by atoms with Gasteiger partial charge in [0, 0.05) is 12.3 Å². The molecule has 0 aromatic carbocycles. The third-order valence-electron chi connectivity index (χ3n) is 8.93. The number of ketones is 1. The van der Waals surface area contributed by atoms with Crippen LogP contribution in [-0.4, -0.2) is 29.6 Å². The van der Waals surface area contributed by atoms with Crippen molar-refractivity contribution in [3.05, 3.63) is 23.3 Å². The molecule has 0 spiro atoms. The van der Waals surface area contributed by atoms with Crippen molar-refractivity contribution in [2.75, 3.05) is 6.61 Å². The number of carbonyl (C=O) groups is 2. The third-order valence-corrected chi connectivity index (χ3v) is 8.93. The molecule has 1 N–H and O–H groups in total. The van der Waals surface area contributed by atoms with Crippen molar-refractivity contribution >= 4 is 11.8 Å². The molecule has 0 aliphatic heterocycles. The van der Waals surface area contributed by atoms with Gasteiger partial charge in [-0.05, 0) is 88.0 Å². The molecule has 166 valence electrons. The van der Waals surface area contributed by atoms with Gasteiger partial charge in [0.25, 0.3) is 0 Å². The van der Waals surface area contributed by atoms with Crippen LogP contribution < -0.4 is 0 Å². The number of esters is 1. The average Bonchev–Trinajstić information content (AvgIpc) is 2.98. The van der Waals surface area contributed by atoms with Crippen molar-refractivity contribution in [3.8, 4) is 0 Å². The average molecular weight is 415 g/mol. The molecule has 0 heterocycles. The lowest BCUT2D eigenvalue weighted by Crippen LogP contribution is -2.57. The van der Waals surface area contributed by atoms with E-state index in [0.29, 0.717) is 18.3 Å². The molecular weight excluding hydrogens is 376 g/mol. The van der Waals surface area contributed by atoms with Crippen LogP contribution >= 0.6 is 0 Å². The first-order chi connectivity index (χ1) is 14.0. The van der Waals surface area contributed by atoms with Gasteiger partial charge in [-0.15, -0.1) is 0 Å². The lowest BCUT2D eigenvalue weighted by Gasteiger charge is -2.59. The van der Waals surface area contributed by atoms with Gasteiger partial charge in [0.2, 0.25) is 0 Å². The molecule has 4 nitrogen and oxygen atoms in total. The summed E-state index contributed by atoms with van der Waals surface area (Å²) in [6.07, 6.45) is 10.3. The summed E-state index contributed by atoms with van der Waals surface area (Å²) in [5.41, 5.74) is 2.00. The molecule has 4 rings (SSSR count). The number of hydrogen-bond donors (Lipinski definition) is 1. The van der Waals surface area contributed by atoms with Gasteiger partial charge in [-0.25, -0.2) is 0 Å². The molecule has 0 radical (unpaired) electrons. The SMILES string of the molecule is CC(C)(C)C(=O)O[C@@H]1C[C@]2(C)C(=CCO)CC[C@H]2[C@@H]2CCC3=CC(=O)CC[C@]3(C)[C@H]21. The first-order valence-electron chi connectivity index (χ1n) is 11.8. The van der Waals surface area contributed by atoms with Crippen LogP contribution in [0, 0.1) is 34.0 Å². The van der Waals surface area contributed by atoms with Crippen LogP contribution in [0.3, 0.4) is 0 Å². The highest BCUT2D eigenvalue weighted by atomic mass is 16.5. The maximum Gasteiger partial charge on any atom is 0.311 e. The van der Waals surface area contributed by atoms with Gasteiger partial charge in [-0.1, -0.05) is 31.1 Å². The molecule has 0 unspecified atom stereocenters. The van der Waals surface area contributed by atoms with Crippen LogP contribution in [0.2, 0.25) is 0 Å². The highest BCUT2D eigenvalue weighted by Gasteiger charge is 2.62. The van der Waals surface area contributed by atoms with Crippen molar-refractivity contribution < 1.29 is 19.4 Å². The minimum atomic E-state index is -0.538. The number of aliphatic hydroxyl groups excluding tert-OH is 1. The van der Waals surface area contributed by atoms with E-state index in [1.807, 2.05) is 32.9 Å². The predicted octanol–water partition coefficient (Wildman–Crippen LogP) is 5.00. The van der Waals surface area contributed by atoms with Crippen molar-refractivity contribution in [2.24, 2.45) is 34.0 Å². The number of hydrogen-bond acceptors (Lipinski definition) is 4. The van der Waals surface area contributed by atoms with Crippen LogP contribution in [0.15, 0.2) is 23.3 Å². The summed E-state index contributed by atoms with van der Waals surface area (Å²) in [7, 11) is 0. The van der Waals surface area contributed by atoms with Crippen molar-refractivity contribution in [1.29, 1.82) is 0 Å².